The maximum absolute atomic E-state index is 12.8. The molecule has 0 saturated carbocycles. The third kappa shape index (κ3) is 52.1. The molecule has 6 heteroatoms. The van der Waals surface area contributed by atoms with Gasteiger partial charge in [0.1, 0.15) is 13.2 Å². The first-order chi connectivity index (χ1) is 32.5. The molecule has 0 saturated heterocycles. The van der Waals surface area contributed by atoms with Gasteiger partial charge in [0.2, 0.25) is 0 Å². The number of hydrogen-bond acceptors (Lipinski definition) is 6. The lowest BCUT2D eigenvalue weighted by Gasteiger charge is -2.18. The van der Waals surface area contributed by atoms with Crippen LogP contribution >= 0.6 is 0 Å². The lowest BCUT2D eigenvalue weighted by molar-refractivity contribution is -0.167. The molecule has 0 aliphatic carbocycles. The third-order valence-electron chi connectivity index (χ3n) is 12.2. The average molecular weight is 924 g/mol. The molecule has 0 aromatic carbocycles. The first-order valence-corrected chi connectivity index (χ1v) is 28.3. The second-order valence-electron chi connectivity index (χ2n) is 18.8. The highest BCUT2D eigenvalue weighted by atomic mass is 16.6. The van der Waals surface area contributed by atoms with Crippen LogP contribution in [0.25, 0.3) is 0 Å². The fourth-order valence-electron chi connectivity index (χ4n) is 7.90. The van der Waals surface area contributed by atoms with Crippen LogP contribution in [-0.2, 0) is 28.6 Å². The molecule has 0 rings (SSSR count). The largest absolute Gasteiger partial charge is 0.462 e. The van der Waals surface area contributed by atoms with E-state index in [1.54, 1.807) is 0 Å². The van der Waals surface area contributed by atoms with Crippen LogP contribution in [0.1, 0.15) is 284 Å². The molecule has 66 heavy (non-hydrogen) atoms. The molecule has 1 atom stereocenters. The fraction of sp³-hybridized carbons (Fsp3) is 0.783. The van der Waals surface area contributed by atoms with E-state index in [9.17, 15) is 14.4 Å². The van der Waals surface area contributed by atoms with Gasteiger partial charge in [0, 0.05) is 19.3 Å². The number of carbonyl (C=O) groups excluding carboxylic acids is 3. The number of unbranched alkanes of at least 4 members (excludes halogenated alkanes) is 30. The summed E-state index contributed by atoms with van der Waals surface area (Å²) in [6, 6.07) is 0. The topological polar surface area (TPSA) is 78.9 Å². The van der Waals surface area contributed by atoms with Gasteiger partial charge < -0.3 is 14.2 Å². The van der Waals surface area contributed by atoms with E-state index in [-0.39, 0.29) is 31.1 Å². The van der Waals surface area contributed by atoms with Crippen molar-refractivity contribution in [2.45, 2.75) is 290 Å². The zero-order chi connectivity index (χ0) is 47.9. The van der Waals surface area contributed by atoms with E-state index in [1.165, 1.54) is 141 Å². The SMILES string of the molecule is CCCC/C=C\C/C=C\CCCCCCCC(=O)OCC(COC(=O)CCCCCCCCC/C=C\CCCCCCCCC)OC(=O)CCCCCCC/C=C\C/C=C\CCCCCC. The van der Waals surface area contributed by atoms with Gasteiger partial charge in [-0.25, -0.2) is 0 Å². The normalized spacial score (nSPS) is 12.5. The van der Waals surface area contributed by atoms with Crippen molar-refractivity contribution in [2.75, 3.05) is 13.2 Å². The molecule has 0 aromatic rings. The number of ether oxygens (including phenoxy) is 3. The molecule has 0 aromatic heterocycles. The second-order valence-corrected chi connectivity index (χ2v) is 18.8. The van der Waals surface area contributed by atoms with Crippen LogP contribution < -0.4 is 0 Å². The van der Waals surface area contributed by atoms with Crippen LogP contribution in [0.5, 0.6) is 0 Å². The Kier molecular flexibility index (Phi) is 52.3. The Hall–Kier alpha value is -2.89. The number of carbonyl (C=O) groups is 3. The first-order valence-electron chi connectivity index (χ1n) is 28.3. The second kappa shape index (κ2) is 54.7. The summed E-state index contributed by atoms with van der Waals surface area (Å²) < 4.78 is 16.8. The van der Waals surface area contributed by atoms with Crippen molar-refractivity contribution >= 4 is 17.9 Å². The van der Waals surface area contributed by atoms with Crippen molar-refractivity contribution in [1.29, 1.82) is 0 Å². The van der Waals surface area contributed by atoms with Crippen LogP contribution in [0.2, 0.25) is 0 Å². The van der Waals surface area contributed by atoms with E-state index in [1.807, 2.05) is 0 Å². The summed E-state index contributed by atoms with van der Waals surface area (Å²) in [5.74, 6) is -0.910. The van der Waals surface area contributed by atoms with Crippen LogP contribution in [0.4, 0.5) is 0 Å². The Bertz CT molecular complexity index is 1200. The van der Waals surface area contributed by atoms with Crippen LogP contribution in [0, 0.1) is 0 Å². The molecular formula is C60H106O6. The van der Waals surface area contributed by atoms with Crippen LogP contribution in [0.15, 0.2) is 60.8 Å². The molecule has 0 aliphatic rings. The minimum Gasteiger partial charge on any atom is -0.462 e. The monoisotopic (exact) mass is 923 g/mol. The van der Waals surface area contributed by atoms with E-state index in [2.05, 4.69) is 81.5 Å². The maximum Gasteiger partial charge on any atom is 0.306 e. The van der Waals surface area contributed by atoms with Gasteiger partial charge in [-0.1, -0.05) is 223 Å². The van der Waals surface area contributed by atoms with E-state index in [0.717, 1.165) is 103 Å². The van der Waals surface area contributed by atoms with Crippen molar-refractivity contribution < 1.29 is 28.6 Å². The Morgan fingerprint density at radius 2 is 0.561 bits per heavy atom. The minimum atomic E-state index is -0.789. The van der Waals surface area contributed by atoms with Gasteiger partial charge in [-0.2, -0.15) is 0 Å². The molecule has 0 N–H and O–H groups in total. The van der Waals surface area contributed by atoms with E-state index >= 15 is 0 Å². The van der Waals surface area contributed by atoms with Crippen LogP contribution in [-0.4, -0.2) is 37.2 Å². The van der Waals surface area contributed by atoms with E-state index in [0.29, 0.717) is 19.3 Å². The number of hydrogen-bond donors (Lipinski definition) is 0. The molecular weight excluding hydrogens is 817 g/mol. The highest BCUT2D eigenvalue weighted by molar-refractivity contribution is 5.71. The molecule has 0 spiro atoms. The predicted octanol–water partition coefficient (Wildman–Crippen LogP) is 18.8. The molecule has 0 bridgehead atoms. The third-order valence-corrected chi connectivity index (χ3v) is 12.2. The molecule has 6 nitrogen and oxygen atoms in total. The summed E-state index contributed by atoms with van der Waals surface area (Å²) in [5.41, 5.74) is 0. The molecule has 1 unspecified atom stereocenters. The summed E-state index contributed by atoms with van der Waals surface area (Å²) >= 11 is 0. The molecule has 0 heterocycles. The number of esters is 3. The molecule has 382 valence electrons. The quantitative estimate of drug-likeness (QED) is 0.0262. The zero-order valence-electron chi connectivity index (χ0n) is 43.7. The molecule has 0 amide bonds. The van der Waals surface area contributed by atoms with Gasteiger partial charge in [-0.05, 0) is 103 Å². The summed E-state index contributed by atoms with van der Waals surface area (Å²) in [7, 11) is 0. The van der Waals surface area contributed by atoms with Crippen molar-refractivity contribution in [3.63, 3.8) is 0 Å². The Labute approximate surface area is 409 Å². The van der Waals surface area contributed by atoms with Crippen molar-refractivity contribution in [2.24, 2.45) is 0 Å². The lowest BCUT2D eigenvalue weighted by Crippen LogP contribution is -2.30. The molecule has 0 aliphatic heterocycles. The van der Waals surface area contributed by atoms with Gasteiger partial charge in [0.15, 0.2) is 6.10 Å². The van der Waals surface area contributed by atoms with Gasteiger partial charge >= 0.3 is 17.9 Å². The van der Waals surface area contributed by atoms with Crippen LogP contribution in [0.3, 0.4) is 0 Å². The van der Waals surface area contributed by atoms with Crippen molar-refractivity contribution in [1.82, 2.24) is 0 Å². The van der Waals surface area contributed by atoms with Crippen molar-refractivity contribution in [3.8, 4) is 0 Å². The van der Waals surface area contributed by atoms with E-state index < -0.39 is 6.10 Å². The van der Waals surface area contributed by atoms with Gasteiger partial charge in [0.05, 0.1) is 0 Å². The summed E-state index contributed by atoms with van der Waals surface area (Å²) in [4.78, 5) is 38.1. The molecule has 0 fully saturated rings. The standard InChI is InChI=1S/C60H106O6/c1-4-7-10-13-16-19-22-25-28-30-31-33-35-38-41-44-47-50-53-59(62)65-56-57(55-64-58(61)52-49-46-43-40-37-34-27-24-21-18-15-12-9-6-3)66-60(63)54-51-48-45-42-39-36-32-29-26-23-20-17-14-11-8-5-2/h15,18,20,23-24,27-30,32,57H,4-14,16-17,19,21-22,25-26,31,33-56H2,1-3H3/b18-15-,23-20-,27-24-,30-28-,32-29-. The summed E-state index contributed by atoms with van der Waals surface area (Å²) in [6.07, 6.45) is 67.7. The average Bonchev–Trinajstić information content (AvgIpc) is 3.31. The van der Waals surface area contributed by atoms with Gasteiger partial charge in [0.25, 0.3) is 0 Å². The minimum absolute atomic E-state index is 0.0861. The Morgan fingerprint density at radius 3 is 0.909 bits per heavy atom. The fourth-order valence-corrected chi connectivity index (χ4v) is 7.90. The van der Waals surface area contributed by atoms with Gasteiger partial charge in [-0.3, -0.25) is 14.4 Å². The Morgan fingerprint density at radius 1 is 0.303 bits per heavy atom. The predicted molar refractivity (Wildman–Crippen MR) is 284 cm³/mol. The maximum atomic E-state index is 12.8. The zero-order valence-corrected chi connectivity index (χ0v) is 43.7. The summed E-state index contributed by atoms with van der Waals surface area (Å²) in [6.45, 7) is 6.57. The Balaban J connectivity index is 4.41. The van der Waals surface area contributed by atoms with E-state index in [4.69, 9.17) is 14.2 Å². The lowest BCUT2D eigenvalue weighted by atomic mass is 10.1. The number of allylic oxidation sites excluding steroid dienone is 10. The first kappa shape index (κ1) is 63.1. The highest BCUT2D eigenvalue weighted by Crippen LogP contribution is 2.15. The highest BCUT2D eigenvalue weighted by Gasteiger charge is 2.19. The molecule has 0 radical (unpaired) electrons. The number of rotatable bonds is 51. The van der Waals surface area contributed by atoms with Gasteiger partial charge in [-0.15, -0.1) is 0 Å². The summed E-state index contributed by atoms with van der Waals surface area (Å²) in [5, 5.41) is 0. The smallest absolute Gasteiger partial charge is 0.306 e. The van der Waals surface area contributed by atoms with Crippen molar-refractivity contribution in [3.05, 3.63) is 60.8 Å².